The minimum atomic E-state index is -0.125. The van der Waals surface area contributed by atoms with Gasteiger partial charge in [-0.2, -0.15) is 0 Å². The van der Waals surface area contributed by atoms with Crippen LogP contribution in [0.5, 0.6) is 0 Å². The number of fused-ring (bicyclic) bond motifs is 1. The summed E-state index contributed by atoms with van der Waals surface area (Å²) in [6.07, 6.45) is 8.46. The van der Waals surface area contributed by atoms with Crippen LogP contribution in [0.1, 0.15) is 63.6 Å². The van der Waals surface area contributed by atoms with E-state index in [4.69, 9.17) is 5.11 Å². The van der Waals surface area contributed by atoms with Crippen molar-refractivity contribution in [2.24, 2.45) is 0 Å². The van der Waals surface area contributed by atoms with Gasteiger partial charge in [0.05, 0.1) is 5.76 Å². The first-order valence-corrected chi connectivity index (χ1v) is 10.6. The van der Waals surface area contributed by atoms with Crippen LogP contribution in [0.25, 0.3) is 22.0 Å². The van der Waals surface area contributed by atoms with Gasteiger partial charge in [-0.25, -0.2) is 0 Å². The molecule has 0 bridgehead atoms. The third-order valence-corrected chi connectivity index (χ3v) is 5.44. The molecule has 167 valence electrons. The number of aliphatic hydroxyl groups is 1. The normalized spacial score (nSPS) is 14.0. The molecule has 0 spiro atoms. The fraction of sp³-hybridized carbons (Fsp3) is 0.333. The van der Waals surface area contributed by atoms with Gasteiger partial charge in [0.1, 0.15) is 0 Å². The maximum atomic E-state index is 10.0. The predicted octanol–water partition coefficient (Wildman–Crippen LogP) is 7.26. The number of aryl methyl sites for hydroxylation is 2. The standard InChI is InChI=1S/C22H22N.C5H8O2.Ir.H2/c1-15-7-8-21-18(11-15)9-10-23-22(21)20-13-16(2)12-19(14-20)17-5-3-4-6-17;1-4(6)3-5(2)7;;/h7-12,14,17H,3-6H2,1-2H3;3,6H,1-2H3;;1H/q-1;;;/i;;;1+1. The van der Waals surface area contributed by atoms with E-state index in [-0.39, 0.29) is 33.1 Å². The zero-order chi connectivity index (χ0) is 21.7. The number of benzene rings is 2. The number of aromatic nitrogens is 1. The Hall–Kier alpha value is -2.29. The summed E-state index contributed by atoms with van der Waals surface area (Å²) in [5, 5.41) is 10.8. The van der Waals surface area contributed by atoms with Gasteiger partial charge in [-0.3, -0.25) is 4.79 Å². The molecular formula is C27H32IrNO2-. The van der Waals surface area contributed by atoms with Crippen molar-refractivity contribution in [1.29, 1.82) is 0 Å². The van der Waals surface area contributed by atoms with E-state index < -0.39 is 0 Å². The molecule has 31 heavy (non-hydrogen) atoms. The molecule has 0 aliphatic heterocycles. The van der Waals surface area contributed by atoms with Gasteiger partial charge in [0, 0.05) is 33.8 Å². The Morgan fingerprint density at radius 2 is 1.84 bits per heavy atom. The van der Waals surface area contributed by atoms with Crippen LogP contribution in [0.4, 0.5) is 0 Å². The number of nitrogens with zero attached hydrogens (tertiary/aromatic N) is 1. The number of rotatable bonds is 3. The van der Waals surface area contributed by atoms with Gasteiger partial charge in [0.15, 0.2) is 5.78 Å². The maximum absolute atomic E-state index is 10.0. The van der Waals surface area contributed by atoms with E-state index in [2.05, 4.69) is 61.3 Å². The minimum Gasteiger partial charge on any atom is -0.512 e. The van der Waals surface area contributed by atoms with Gasteiger partial charge in [0.25, 0.3) is 0 Å². The summed E-state index contributed by atoms with van der Waals surface area (Å²) in [5.41, 5.74) is 6.18. The Balaban J connectivity index is 0.000000501. The summed E-state index contributed by atoms with van der Waals surface area (Å²) in [6.45, 7) is 7.13. The van der Waals surface area contributed by atoms with Gasteiger partial charge in [-0.1, -0.05) is 43.5 Å². The summed E-state index contributed by atoms with van der Waals surface area (Å²) < 4.78 is 0. The van der Waals surface area contributed by atoms with Gasteiger partial charge >= 0.3 is 0 Å². The molecule has 4 rings (SSSR count). The maximum Gasteiger partial charge on any atom is 0.155 e. The van der Waals surface area contributed by atoms with Crippen LogP contribution < -0.4 is 0 Å². The van der Waals surface area contributed by atoms with E-state index in [0.29, 0.717) is 0 Å². The molecule has 4 heteroatoms. The summed E-state index contributed by atoms with van der Waals surface area (Å²) in [6, 6.07) is 16.9. The molecule has 1 radical (unpaired) electrons. The van der Waals surface area contributed by atoms with Crippen molar-refractivity contribution >= 4 is 16.6 Å². The van der Waals surface area contributed by atoms with Gasteiger partial charge in [0.2, 0.25) is 0 Å². The molecule has 3 aromatic rings. The van der Waals surface area contributed by atoms with Crippen molar-refractivity contribution in [3.63, 3.8) is 0 Å². The molecule has 1 saturated carbocycles. The topological polar surface area (TPSA) is 50.2 Å². The predicted molar refractivity (Wildman–Crippen MR) is 126 cm³/mol. The Morgan fingerprint density at radius 1 is 1.13 bits per heavy atom. The van der Waals surface area contributed by atoms with Crippen LogP contribution in [0.3, 0.4) is 0 Å². The number of carbonyl (C=O) groups is 1. The monoisotopic (exact) mass is 596 g/mol. The fourth-order valence-corrected chi connectivity index (χ4v) is 4.17. The number of ketones is 1. The molecule has 1 N–H and O–H groups in total. The van der Waals surface area contributed by atoms with Gasteiger partial charge in [-0.15, -0.1) is 34.9 Å². The van der Waals surface area contributed by atoms with E-state index >= 15 is 0 Å². The Morgan fingerprint density at radius 3 is 2.45 bits per heavy atom. The van der Waals surface area contributed by atoms with Gasteiger partial charge < -0.3 is 10.1 Å². The third kappa shape index (κ3) is 6.85. The number of pyridine rings is 1. The second kappa shape index (κ2) is 11.4. The zero-order valence-electron chi connectivity index (χ0n) is 18.7. The van der Waals surface area contributed by atoms with E-state index in [9.17, 15) is 4.79 Å². The van der Waals surface area contributed by atoms with Crippen LogP contribution in [0.2, 0.25) is 0 Å². The van der Waals surface area contributed by atoms with Crippen molar-refractivity contribution in [2.75, 3.05) is 0 Å². The molecule has 3 nitrogen and oxygen atoms in total. The number of hydrogen-bond acceptors (Lipinski definition) is 3. The number of allylic oxidation sites excluding steroid dienone is 2. The van der Waals surface area contributed by atoms with Crippen molar-refractivity contribution in [3.05, 3.63) is 77.2 Å². The average molecular weight is 596 g/mol. The molecule has 2 aromatic carbocycles. The SMILES string of the molecule is CC(=O)C=C(C)O.Cc1[c-]c(-c2nccc3cc(C)ccc23)cc(C2CCCC2)c1.[2HH].[Ir]. The summed E-state index contributed by atoms with van der Waals surface area (Å²) in [5.74, 6) is 0.659. The molecule has 0 atom stereocenters. The molecule has 1 heterocycles. The summed E-state index contributed by atoms with van der Waals surface area (Å²) in [4.78, 5) is 14.7. The minimum absolute atomic E-state index is 0. The fourth-order valence-electron chi connectivity index (χ4n) is 4.17. The molecule has 1 aliphatic carbocycles. The Kier molecular flexibility index (Phi) is 9.15. The van der Waals surface area contributed by atoms with E-state index in [1.54, 1.807) is 0 Å². The van der Waals surface area contributed by atoms with Crippen LogP contribution in [0, 0.1) is 19.9 Å². The summed E-state index contributed by atoms with van der Waals surface area (Å²) >= 11 is 0. The first kappa shape index (κ1) is 25.0. The number of aliphatic hydroxyl groups excluding tert-OH is 1. The average Bonchev–Trinajstić information content (AvgIpc) is 3.21. The Bertz CT molecular complexity index is 1080. The Labute approximate surface area is 200 Å². The van der Waals surface area contributed by atoms with Crippen LogP contribution in [-0.2, 0) is 24.9 Å². The second-order valence-corrected chi connectivity index (χ2v) is 8.27. The molecular weight excluding hydrogens is 563 g/mol. The molecule has 1 fully saturated rings. The molecule has 0 saturated heterocycles. The van der Waals surface area contributed by atoms with Crippen LogP contribution in [-0.4, -0.2) is 15.9 Å². The molecule has 1 aromatic heterocycles. The zero-order valence-corrected chi connectivity index (χ0v) is 21.1. The van der Waals surface area contributed by atoms with Crippen molar-refractivity contribution in [1.82, 2.24) is 4.98 Å². The van der Waals surface area contributed by atoms with E-state index in [0.717, 1.165) is 17.2 Å². The number of carbonyl (C=O) groups excluding carboxylic acids is 1. The van der Waals surface area contributed by atoms with Crippen molar-refractivity contribution in [3.8, 4) is 11.3 Å². The summed E-state index contributed by atoms with van der Waals surface area (Å²) in [7, 11) is 0. The van der Waals surface area contributed by atoms with E-state index in [1.165, 1.54) is 73.1 Å². The van der Waals surface area contributed by atoms with Crippen LogP contribution in [0.15, 0.2) is 54.4 Å². The first-order valence-electron chi connectivity index (χ1n) is 10.6. The van der Waals surface area contributed by atoms with Crippen LogP contribution >= 0.6 is 0 Å². The second-order valence-electron chi connectivity index (χ2n) is 8.27. The van der Waals surface area contributed by atoms with Crippen molar-refractivity contribution < 1.29 is 31.4 Å². The first-order chi connectivity index (χ1) is 14.3. The molecule has 0 unspecified atom stereocenters. The molecule has 1 aliphatic rings. The van der Waals surface area contributed by atoms with E-state index in [1.807, 2.05) is 6.20 Å². The smallest absolute Gasteiger partial charge is 0.155 e. The quantitative estimate of drug-likeness (QED) is 0.197. The third-order valence-electron chi connectivity index (χ3n) is 5.44. The van der Waals surface area contributed by atoms with Crippen molar-refractivity contribution in [2.45, 2.75) is 59.3 Å². The number of hydrogen-bond donors (Lipinski definition) is 1. The molecule has 0 amide bonds. The van der Waals surface area contributed by atoms with Gasteiger partial charge in [-0.05, 0) is 62.1 Å². The largest absolute Gasteiger partial charge is 0.512 e.